The van der Waals surface area contributed by atoms with Crippen molar-refractivity contribution in [2.45, 2.75) is 39.9 Å². The van der Waals surface area contributed by atoms with Gasteiger partial charge in [0.2, 0.25) is 0 Å². The summed E-state index contributed by atoms with van der Waals surface area (Å²) in [5.41, 5.74) is -0.851. The van der Waals surface area contributed by atoms with E-state index in [2.05, 4.69) is 34.5 Å². The number of nitrogens with zero attached hydrogens (tertiary/aromatic N) is 2. The number of alkyl halides is 3. The van der Waals surface area contributed by atoms with Gasteiger partial charge >= 0.3 is 6.18 Å². The molecule has 0 bridgehead atoms. The van der Waals surface area contributed by atoms with Crippen molar-refractivity contribution >= 4 is 17.3 Å². The van der Waals surface area contributed by atoms with E-state index in [1.165, 1.54) is 0 Å². The Morgan fingerprint density at radius 3 is 2.62 bits per heavy atom. The van der Waals surface area contributed by atoms with E-state index in [1.807, 2.05) is 6.92 Å². The maximum Gasteiger partial charge on any atom is 0.434 e. The maximum absolute atomic E-state index is 12.4. The minimum Gasteiger partial charge on any atom is -0.357 e. The van der Waals surface area contributed by atoms with Crippen LogP contribution in [0.4, 0.5) is 13.2 Å². The predicted octanol–water partition coefficient (Wildman–Crippen LogP) is 3.26. The van der Waals surface area contributed by atoms with Crippen molar-refractivity contribution in [1.29, 1.82) is 0 Å². The summed E-state index contributed by atoms with van der Waals surface area (Å²) < 4.78 is 37.3. The summed E-state index contributed by atoms with van der Waals surface area (Å²) in [6.07, 6.45) is -3.39. The fourth-order valence-electron chi connectivity index (χ4n) is 1.48. The van der Waals surface area contributed by atoms with E-state index in [0.717, 1.165) is 29.7 Å². The first kappa shape index (κ1) is 17.7. The average Bonchev–Trinajstić information content (AvgIpc) is 2.84. The van der Waals surface area contributed by atoms with Gasteiger partial charge in [-0.25, -0.2) is 9.98 Å². The molecule has 0 fully saturated rings. The molecule has 0 aromatic carbocycles. The smallest absolute Gasteiger partial charge is 0.357 e. The SMILES string of the molecule is CCNC(=NCc1nc(C(F)(F)F)cs1)NCCC(C)C. The average molecular weight is 322 g/mol. The summed E-state index contributed by atoms with van der Waals surface area (Å²) in [4.78, 5) is 7.80. The quantitative estimate of drug-likeness (QED) is 0.624. The van der Waals surface area contributed by atoms with E-state index in [4.69, 9.17) is 0 Å². The van der Waals surface area contributed by atoms with Gasteiger partial charge in [-0.2, -0.15) is 13.2 Å². The second kappa shape index (κ2) is 8.21. The lowest BCUT2D eigenvalue weighted by Crippen LogP contribution is -2.38. The van der Waals surface area contributed by atoms with E-state index < -0.39 is 11.9 Å². The van der Waals surface area contributed by atoms with Crippen LogP contribution in [0.5, 0.6) is 0 Å². The molecule has 120 valence electrons. The van der Waals surface area contributed by atoms with Gasteiger partial charge in [-0.05, 0) is 19.3 Å². The Morgan fingerprint density at radius 1 is 1.38 bits per heavy atom. The van der Waals surface area contributed by atoms with Gasteiger partial charge in [-0.1, -0.05) is 13.8 Å². The first-order valence-electron chi connectivity index (χ1n) is 6.86. The number of aromatic nitrogens is 1. The summed E-state index contributed by atoms with van der Waals surface area (Å²) >= 11 is 0.971. The van der Waals surface area contributed by atoms with Gasteiger partial charge in [0.15, 0.2) is 11.7 Å². The molecule has 0 spiro atoms. The molecule has 2 N–H and O–H groups in total. The molecule has 1 heterocycles. The molecule has 0 saturated heterocycles. The van der Waals surface area contributed by atoms with E-state index in [1.54, 1.807) is 0 Å². The molecule has 1 aromatic heterocycles. The number of hydrogen-bond acceptors (Lipinski definition) is 3. The molecular formula is C13H21F3N4S. The monoisotopic (exact) mass is 322 g/mol. The summed E-state index contributed by atoms with van der Waals surface area (Å²) in [6, 6.07) is 0. The minimum atomic E-state index is -4.39. The van der Waals surface area contributed by atoms with E-state index in [0.29, 0.717) is 23.4 Å². The lowest BCUT2D eigenvalue weighted by atomic mass is 10.1. The highest BCUT2D eigenvalue weighted by Gasteiger charge is 2.33. The van der Waals surface area contributed by atoms with Crippen molar-refractivity contribution in [3.8, 4) is 0 Å². The normalized spacial score (nSPS) is 12.8. The Labute approximate surface area is 126 Å². The zero-order valence-electron chi connectivity index (χ0n) is 12.4. The van der Waals surface area contributed by atoms with Crippen LogP contribution < -0.4 is 10.6 Å². The number of guanidine groups is 1. The fourth-order valence-corrected chi connectivity index (χ4v) is 2.21. The second-order valence-electron chi connectivity index (χ2n) is 4.93. The van der Waals surface area contributed by atoms with Crippen LogP contribution in [0.2, 0.25) is 0 Å². The van der Waals surface area contributed by atoms with E-state index >= 15 is 0 Å². The predicted molar refractivity (Wildman–Crippen MR) is 79.4 cm³/mol. The Hall–Kier alpha value is -1.31. The molecular weight excluding hydrogens is 301 g/mol. The van der Waals surface area contributed by atoms with Gasteiger partial charge in [0.05, 0.1) is 6.54 Å². The molecule has 0 atom stereocenters. The van der Waals surface area contributed by atoms with Crippen LogP contribution in [0.25, 0.3) is 0 Å². The van der Waals surface area contributed by atoms with E-state index in [-0.39, 0.29) is 6.54 Å². The topological polar surface area (TPSA) is 49.3 Å². The molecule has 0 aliphatic rings. The van der Waals surface area contributed by atoms with Crippen LogP contribution in [0.1, 0.15) is 37.9 Å². The van der Waals surface area contributed by atoms with Crippen LogP contribution in [0, 0.1) is 5.92 Å². The highest BCUT2D eigenvalue weighted by Crippen LogP contribution is 2.30. The maximum atomic E-state index is 12.4. The Kier molecular flexibility index (Phi) is 6.94. The molecule has 0 aliphatic carbocycles. The third-order valence-electron chi connectivity index (χ3n) is 2.57. The van der Waals surface area contributed by atoms with Gasteiger partial charge in [0, 0.05) is 18.5 Å². The molecule has 0 unspecified atom stereocenters. The first-order chi connectivity index (χ1) is 9.82. The molecule has 0 radical (unpaired) electrons. The molecule has 8 heteroatoms. The number of rotatable bonds is 6. The number of hydrogen-bond donors (Lipinski definition) is 2. The minimum absolute atomic E-state index is 0.137. The van der Waals surface area contributed by atoms with Crippen molar-refractivity contribution in [2.24, 2.45) is 10.9 Å². The lowest BCUT2D eigenvalue weighted by molar-refractivity contribution is -0.140. The van der Waals surface area contributed by atoms with Crippen molar-refractivity contribution in [3.63, 3.8) is 0 Å². The second-order valence-corrected chi connectivity index (χ2v) is 5.87. The molecule has 4 nitrogen and oxygen atoms in total. The van der Waals surface area contributed by atoms with Crippen molar-refractivity contribution in [2.75, 3.05) is 13.1 Å². The fraction of sp³-hybridized carbons (Fsp3) is 0.692. The van der Waals surface area contributed by atoms with Gasteiger partial charge in [-0.3, -0.25) is 0 Å². The largest absolute Gasteiger partial charge is 0.434 e. The Bertz CT molecular complexity index is 455. The number of nitrogens with one attached hydrogen (secondary N) is 2. The zero-order chi connectivity index (χ0) is 15.9. The standard InChI is InChI=1S/C13H21F3N4S/c1-4-17-12(18-6-5-9(2)3)19-7-11-20-10(8-21-11)13(14,15)16/h8-9H,4-7H2,1-3H3,(H2,17,18,19). The third-order valence-corrected chi connectivity index (χ3v) is 3.41. The van der Waals surface area contributed by atoms with Crippen LogP contribution in [0.15, 0.2) is 10.4 Å². The molecule has 1 rings (SSSR count). The highest BCUT2D eigenvalue weighted by molar-refractivity contribution is 7.09. The molecule has 0 aliphatic heterocycles. The summed E-state index contributed by atoms with van der Waals surface area (Å²) in [5, 5.41) is 7.58. The summed E-state index contributed by atoms with van der Waals surface area (Å²) in [5.74, 6) is 1.18. The van der Waals surface area contributed by atoms with Crippen LogP contribution >= 0.6 is 11.3 Å². The van der Waals surface area contributed by atoms with E-state index in [9.17, 15) is 13.2 Å². The molecule has 21 heavy (non-hydrogen) atoms. The van der Waals surface area contributed by atoms with Gasteiger partial charge < -0.3 is 10.6 Å². The Balaban J connectivity index is 2.58. The molecule has 0 amide bonds. The number of halogens is 3. The molecule has 1 aromatic rings. The molecule has 0 saturated carbocycles. The Morgan fingerprint density at radius 2 is 2.10 bits per heavy atom. The highest BCUT2D eigenvalue weighted by atomic mass is 32.1. The summed E-state index contributed by atoms with van der Waals surface area (Å²) in [6.45, 7) is 7.79. The van der Waals surface area contributed by atoms with Crippen LogP contribution in [0.3, 0.4) is 0 Å². The third kappa shape index (κ3) is 6.79. The van der Waals surface area contributed by atoms with Gasteiger partial charge in [0.25, 0.3) is 0 Å². The van der Waals surface area contributed by atoms with Crippen molar-refractivity contribution < 1.29 is 13.2 Å². The number of aliphatic imine (C=N–C) groups is 1. The first-order valence-corrected chi connectivity index (χ1v) is 7.74. The van der Waals surface area contributed by atoms with Crippen molar-refractivity contribution in [1.82, 2.24) is 15.6 Å². The van der Waals surface area contributed by atoms with Gasteiger partial charge in [0.1, 0.15) is 5.01 Å². The lowest BCUT2D eigenvalue weighted by Gasteiger charge is -2.11. The zero-order valence-corrected chi connectivity index (χ0v) is 13.2. The number of thiazole rings is 1. The van der Waals surface area contributed by atoms with Crippen LogP contribution in [-0.4, -0.2) is 24.0 Å². The summed E-state index contributed by atoms with van der Waals surface area (Å²) in [7, 11) is 0. The van der Waals surface area contributed by atoms with Crippen LogP contribution in [-0.2, 0) is 12.7 Å². The van der Waals surface area contributed by atoms with Gasteiger partial charge in [-0.15, -0.1) is 11.3 Å². The van der Waals surface area contributed by atoms with Crippen molar-refractivity contribution in [3.05, 3.63) is 16.1 Å².